The van der Waals surface area contributed by atoms with Gasteiger partial charge in [-0.25, -0.2) is 0 Å². The Bertz CT molecular complexity index is 486. The van der Waals surface area contributed by atoms with Crippen molar-refractivity contribution < 1.29 is 66.3 Å². The quantitative estimate of drug-likeness (QED) is 0.245. The highest BCUT2D eigenvalue weighted by Gasteiger charge is 2.87. The normalized spacial score (nSPS) is 15.2. The van der Waals surface area contributed by atoms with Gasteiger partial charge in [-0.3, -0.25) is 0 Å². The van der Waals surface area contributed by atoms with E-state index in [0.717, 1.165) is 0 Å². The SMILES string of the molecule is CO[Si](CCCOCC(F)(F)C(F)(F)C(F)(F)C(F)(F)C(F)(F)F)(OC)OC. The molecule has 0 saturated carbocycles. The fourth-order valence-corrected chi connectivity index (χ4v) is 3.53. The molecule has 0 amide bonds. The highest BCUT2D eigenvalue weighted by molar-refractivity contribution is 6.60. The van der Waals surface area contributed by atoms with E-state index in [0.29, 0.717) is 0 Å². The van der Waals surface area contributed by atoms with Crippen molar-refractivity contribution in [3.63, 3.8) is 0 Å². The lowest BCUT2D eigenvalue weighted by Gasteiger charge is -2.37. The highest BCUT2D eigenvalue weighted by Crippen LogP contribution is 2.57. The third-order valence-electron chi connectivity index (χ3n) is 3.59. The van der Waals surface area contributed by atoms with Crippen LogP contribution in [0.1, 0.15) is 6.42 Å². The van der Waals surface area contributed by atoms with Crippen LogP contribution in [0.5, 0.6) is 0 Å². The van der Waals surface area contributed by atoms with Crippen LogP contribution in [-0.4, -0.2) is 73.2 Å². The maximum Gasteiger partial charge on any atom is 0.500 e. The summed E-state index contributed by atoms with van der Waals surface area (Å²) in [5.74, 6) is -27.9. The monoisotopic (exact) mass is 462 g/mol. The molecule has 28 heavy (non-hydrogen) atoms. The Morgan fingerprint density at radius 3 is 1.43 bits per heavy atom. The first kappa shape index (κ1) is 27.3. The summed E-state index contributed by atoms with van der Waals surface area (Å²) in [5.41, 5.74) is 0. The zero-order chi connectivity index (χ0) is 22.7. The lowest BCUT2D eigenvalue weighted by Crippen LogP contribution is -2.67. The Labute approximate surface area is 153 Å². The standard InChI is InChI=1S/C12H17F11O4Si/c1-24-28(25-2,26-3)6-4-5-27-7-8(13,14)9(15,16)10(17,18)11(19,20)12(21,22)23/h4-7H2,1-3H3. The molecule has 0 fully saturated rings. The molecule has 0 aliphatic carbocycles. The van der Waals surface area contributed by atoms with E-state index >= 15 is 0 Å². The summed E-state index contributed by atoms with van der Waals surface area (Å²) in [6, 6.07) is -0.0826. The van der Waals surface area contributed by atoms with Crippen molar-refractivity contribution in [1.29, 1.82) is 0 Å². The average Bonchev–Trinajstić information content (AvgIpc) is 2.57. The molecule has 0 atom stereocenters. The van der Waals surface area contributed by atoms with Crippen LogP contribution in [-0.2, 0) is 18.0 Å². The van der Waals surface area contributed by atoms with Gasteiger partial charge < -0.3 is 18.0 Å². The molecule has 0 rings (SSSR count). The van der Waals surface area contributed by atoms with Gasteiger partial charge in [0.05, 0.1) is 0 Å². The Morgan fingerprint density at radius 2 is 1.07 bits per heavy atom. The van der Waals surface area contributed by atoms with E-state index in [1.807, 2.05) is 0 Å². The fraction of sp³-hybridized carbons (Fsp3) is 1.00. The maximum atomic E-state index is 13.4. The zero-order valence-electron chi connectivity index (χ0n) is 14.6. The molecule has 0 radical (unpaired) electrons. The van der Waals surface area contributed by atoms with E-state index < -0.39 is 51.9 Å². The maximum absolute atomic E-state index is 13.4. The molecule has 0 aromatic rings. The van der Waals surface area contributed by atoms with Gasteiger partial charge in [0.25, 0.3) is 0 Å². The Balaban J connectivity index is 5.10. The second-order valence-electron chi connectivity index (χ2n) is 5.38. The van der Waals surface area contributed by atoms with Crippen LogP contribution < -0.4 is 0 Å². The van der Waals surface area contributed by atoms with Crippen molar-refractivity contribution >= 4 is 8.80 Å². The minimum Gasteiger partial charge on any atom is -0.377 e. The number of alkyl halides is 11. The Kier molecular flexibility index (Phi) is 8.74. The van der Waals surface area contributed by atoms with Gasteiger partial charge in [-0.1, -0.05) is 0 Å². The van der Waals surface area contributed by atoms with Crippen LogP contribution in [0, 0.1) is 0 Å². The van der Waals surface area contributed by atoms with E-state index in [-0.39, 0.29) is 12.5 Å². The molecule has 0 saturated heterocycles. The number of ether oxygens (including phenoxy) is 1. The van der Waals surface area contributed by atoms with Crippen LogP contribution in [0.25, 0.3) is 0 Å². The number of hydrogen-bond donors (Lipinski definition) is 0. The summed E-state index contributed by atoms with van der Waals surface area (Å²) in [5, 5.41) is 0. The second-order valence-corrected chi connectivity index (χ2v) is 8.47. The zero-order valence-corrected chi connectivity index (χ0v) is 15.6. The van der Waals surface area contributed by atoms with Crippen LogP contribution >= 0.6 is 0 Å². The van der Waals surface area contributed by atoms with E-state index in [2.05, 4.69) is 4.74 Å². The molecule has 0 aliphatic rings. The van der Waals surface area contributed by atoms with Gasteiger partial charge in [0, 0.05) is 34.0 Å². The molecule has 0 bridgehead atoms. The van der Waals surface area contributed by atoms with Crippen LogP contribution in [0.3, 0.4) is 0 Å². The molecule has 16 heteroatoms. The lowest BCUT2D eigenvalue weighted by atomic mass is 9.98. The highest BCUT2D eigenvalue weighted by atomic mass is 28.4. The van der Waals surface area contributed by atoms with Gasteiger partial charge in [-0.05, 0) is 6.42 Å². The van der Waals surface area contributed by atoms with Gasteiger partial charge in [-0.2, -0.15) is 48.3 Å². The van der Waals surface area contributed by atoms with Crippen molar-refractivity contribution in [3.05, 3.63) is 0 Å². The topological polar surface area (TPSA) is 36.9 Å². The van der Waals surface area contributed by atoms with Crippen molar-refractivity contribution in [2.75, 3.05) is 34.5 Å². The first-order valence-corrected chi connectivity index (χ1v) is 9.13. The number of hydrogen-bond acceptors (Lipinski definition) is 4. The van der Waals surface area contributed by atoms with Crippen LogP contribution in [0.2, 0.25) is 6.04 Å². The van der Waals surface area contributed by atoms with E-state index in [4.69, 9.17) is 13.3 Å². The van der Waals surface area contributed by atoms with Crippen LogP contribution in [0.15, 0.2) is 0 Å². The van der Waals surface area contributed by atoms with E-state index in [1.165, 1.54) is 21.3 Å². The molecular formula is C12H17F11O4Si. The summed E-state index contributed by atoms with van der Waals surface area (Å²) in [7, 11) is 0.391. The number of rotatable bonds is 12. The predicted octanol–water partition coefficient (Wildman–Crippen LogP) is 4.37. The Hall–Kier alpha value is -0.713. The molecule has 4 nitrogen and oxygen atoms in total. The van der Waals surface area contributed by atoms with Gasteiger partial charge >= 0.3 is 38.7 Å². The molecule has 170 valence electrons. The molecule has 0 spiro atoms. The molecule has 0 heterocycles. The van der Waals surface area contributed by atoms with Crippen molar-refractivity contribution in [1.82, 2.24) is 0 Å². The van der Waals surface area contributed by atoms with Crippen molar-refractivity contribution in [3.8, 4) is 0 Å². The minimum atomic E-state index is -7.44. The molecular weight excluding hydrogens is 445 g/mol. The van der Waals surface area contributed by atoms with Crippen molar-refractivity contribution in [2.24, 2.45) is 0 Å². The van der Waals surface area contributed by atoms with Gasteiger partial charge in [0.1, 0.15) is 6.61 Å². The molecule has 0 aliphatic heterocycles. The van der Waals surface area contributed by atoms with Gasteiger partial charge in [0.2, 0.25) is 0 Å². The summed E-state index contributed by atoms with van der Waals surface area (Å²) >= 11 is 0. The van der Waals surface area contributed by atoms with Crippen LogP contribution in [0.4, 0.5) is 48.3 Å². The first-order chi connectivity index (χ1) is 12.4. The van der Waals surface area contributed by atoms with Gasteiger partial charge in [0.15, 0.2) is 0 Å². The fourth-order valence-electron chi connectivity index (χ4n) is 1.84. The summed E-state index contributed by atoms with van der Waals surface area (Å²) in [4.78, 5) is 0. The van der Waals surface area contributed by atoms with Crippen molar-refractivity contribution in [2.45, 2.75) is 42.3 Å². The van der Waals surface area contributed by atoms with E-state index in [1.54, 1.807) is 0 Å². The summed E-state index contributed by atoms with van der Waals surface area (Å²) in [6.45, 7) is -3.32. The average molecular weight is 462 g/mol. The molecule has 0 aromatic carbocycles. The van der Waals surface area contributed by atoms with E-state index in [9.17, 15) is 48.3 Å². The summed E-state index contributed by atoms with van der Waals surface area (Å²) < 4.78 is 159. The predicted molar refractivity (Wildman–Crippen MR) is 72.9 cm³/mol. The Morgan fingerprint density at radius 1 is 0.643 bits per heavy atom. The largest absolute Gasteiger partial charge is 0.500 e. The number of halogens is 11. The first-order valence-electron chi connectivity index (χ1n) is 7.20. The summed E-state index contributed by atoms with van der Waals surface area (Å²) in [6.07, 6.45) is -7.41. The lowest BCUT2D eigenvalue weighted by molar-refractivity contribution is -0.424. The smallest absolute Gasteiger partial charge is 0.377 e. The molecule has 0 aromatic heterocycles. The second kappa shape index (κ2) is 8.97. The molecule has 0 N–H and O–H groups in total. The third kappa shape index (κ3) is 5.06. The molecule has 0 unspecified atom stereocenters. The van der Waals surface area contributed by atoms with Gasteiger partial charge in [-0.15, -0.1) is 0 Å². The third-order valence-corrected chi connectivity index (χ3v) is 6.42. The minimum absolute atomic E-state index is 0.0826.